The number of hydrogen-bond donors (Lipinski definition) is 10. The van der Waals surface area contributed by atoms with E-state index >= 15 is 0 Å². The van der Waals surface area contributed by atoms with Crippen molar-refractivity contribution < 1.29 is 86.4 Å². The number of benzene rings is 3. The summed E-state index contributed by atoms with van der Waals surface area (Å²) in [5.74, 6) is -7.68. The van der Waals surface area contributed by atoms with Crippen LogP contribution in [0, 0.1) is 23.7 Å². The molecule has 0 aliphatic carbocycles. The maximum Gasteiger partial charge on any atom is 0.410 e. The first-order valence-electron chi connectivity index (χ1n) is 40.0. The SMILES string of the molecule is CC[C@H](C)[C@@H]([C@@H](CC(=O)N1CCC[C@H]1[C@H](OC)[C@@H](C)C(=O)N[C@H](C)[C@@H](O)c1ccccc1)OC)N(C)C(=O)[C@@H](NC(=O)[C@H](C(C)C)N(C)C(=O)OCc1ccc(NC(=O)[C@H](CCCNC(N)=O)NC(=O)[C@H](Cc2c[nH]c3ccccc23)NC(=O)CCCC(=O)NCCC(=O)N(C)CC(=O)N(C)CC(=O)N(C)CC(=O)N(C)C)cc1)C(C)C. The number of methoxy groups -OCH3 is 2. The molecule has 0 unspecified atom stereocenters. The number of fused-ring (bicyclic) bond motifs is 1. The molecule has 1 fully saturated rings. The zero-order chi connectivity index (χ0) is 87.1. The van der Waals surface area contributed by atoms with Gasteiger partial charge in [-0.15, -0.1) is 0 Å². The summed E-state index contributed by atoms with van der Waals surface area (Å²) in [6.07, 6.45) is -0.154. The number of nitrogens with two attached hydrogens (primary N) is 1. The summed E-state index contributed by atoms with van der Waals surface area (Å²) in [4.78, 5) is 202. The number of carbonyl (C=O) groups is 14. The molecule has 4 aromatic rings. The van der Waals surface area contributed by atoms with Gasteiger partial charge in [0.15, 0.2) is 0 Å². The Labute approximate surface area is 686 Å². The van der Waals surface area contributed by atoms with Crippen LogP contribution in [0.3, 0.4) is 0 Å². The number of primary amides is 1. The molecule has 646 valence electrons. The van der Waals surface area contributed by atoms with Crippen LogP contribution >= 0.6 is 0 Å². The molecule has 15 amide bonds. The fourth-order valence-corrected chi connectivity index (χ4v) is 14.2. The van der Waals surface area contributed by atoms with E-state index in [4.69, 9.17) is 19.9 Å². The molecule has 34 nitrogen and oxygen atoms in total. The van der Waals surface area contributed by atoms with Crippen LogP contribution in [0.5, 0.6) is 0 Å². The number of urea groups is 1. The van der Waals surface area contributed by atoms with Gasteiger partial charge in [0.25, 0.3) is 0 Å². The van der Waals surface area contributed by atoms with Gasteiger partial charge in [0, 0.05) is 132 Å². The highest BCUT2D eigenvalue weighted by Crippen LogP contribution is 2.31. The smallest absolute Gasteiger partial charge is 0.410 e. The number of aromatic amines is 1. The molecule has 5 rings (SSSR count). The van der Waals surface area contributed by atoms with Crippen molar-refractivity contribution in [3.8, 4) is 0 Å². The minimum absolute atomic E-state index is 0.00657. The highest BCUT2D eigenvalue weighted by Gasteiger charge is 2.44. The molecule has 0 saturated carbocycles. The highest BCUT2D eigenvalue weighted by molar-refractivity contribution is 5.99. The van der Waals surface area contributed by atoms with Crippen molar-refractivity contribution in [3.63, 3.8) is 0 Å². The lowest BCUT2D eigenvalue weighted by molar-refractivity contribution is -0.148. The van der Waals surface area contributed by atoms with E-state index in [9.17, 15) is 72.2 Å². The first-order chi connectivity index (χ1) is 55.3. The van der Waals surface area contributed by atoms with Gasteiger partial charge in [0.2, 0.25) is 70.9 Å². The number of hydrogen-bond acceptors (Lipinski definition) is 18. The molecule has 0 radical (unpaired) electrons. The number of likely N-dealkylation sites (tertiary alicyclic amines) is 1. The van der Waals surface area contributed by atoms with Gasteiger partial charge in [-0.25, -0.2) is 9.59 Å². The van der Waals surface area contributed by atoms with Gasteiger partial charge in [0.1, 0.15) is 30.8 Å². The molecule has 3 aromatic carbocycles. The molecule has 1 aromatic heterocycles. The van der Waals surface area contributed by atoms with Gasteiger partial charge in [-0.3, -0.25) is 62.4 Å². The van der Waals surface area contributed by atoms with E-state index in [2.05, 4.69) is 42.2 Å². The van der Waals surface area contributed by atoms with Crippen molar-refractivity contribution in [2.75, 3.05) is 108 Å². The number of amides is 15. The number of rotatable bonds is 46. The lowest BCUT2D eigenvalue weighted by Gasteiger charge is -2.41. The van der Waals surface area contributed by atoms with E-state index in [-0.39, 0.29) is 120 Å². The van der Waals surface area contributed by atoms with Gasteiger partial charge < -0.3 is 96.7 Å². The normalized spacial score (nSPS) is 15.4. The quantitative estimate of drug-likeness (QED) is 0.0281. The number of para-hydroxylation sites is 1. The maximum absolute atomic E-state index is 14.9. The van der Waals surface area contributed by atoms with Crippen LogP contribution < -0.4 is 43.0 Å². The second-order valence-corrected chi connectivity index (χ2v) is 31.2. The minimum atomic E-state index is -1.25. The van der Waals surface area contributed by atoms with Crippen LogP contribution in [0.1, 0.15) is 142 Å². The average Bonchev–Trinajstić information content (AvgIpc) is 1.77. The van der Waals surface area contributed by atoms with Crippen molar-refractivity contribution in [2.45, 2.75) is 193 Å². The summed E-state index contributed by atoms with van der Waals surface area (Å²) >= 11 is 0. The molecule has 11 N–H and O–H groups in total. The van der Waals surface area contributed by atoms with Gasteiger partial charge in [0.05, 0.1) is 68.4 Å². The highest BCUT2D eigenvalue weighted by atomic mass is 16.6. The van der Waals surface area contributed by atoms with Crippen LogP contribution in [0.4, 0.5) is 15.3 Å². The molecule has 2 heterocycles. The predicted molar refractivity (Wildman–Crippen MR) is 439 cm³/mol. The van der Waals surface area contributed by atoms with Gasteiger partial charge >= 0.3 is 12.1 Å². The minimum Gasteiger partial charge on any atom is -0.445 e. The van der Waals surface area contributed by atoms with E-state index in [0.29, 0.717) is 42.5 Å². The lowest BCUT2D eigenvalue weighted by Crippen LogP contribution is -2.60. The van der Waals surface area contributed by atoms with Crippen LogP contribution in [0.2, 0.25) is 0 Å². The molecule has 1 saturated heterocycles. The van der Waals surface area contributed by atoms with Crippen molar-refractivity contribution >= 4 is 99.6 Å². The first-order valence-corrected chi connectivity index (χ1v) is 40.0. The summed E-state index contributed by atoms with van der Waals surface area (Å²) in [5.41, 5.74) is 8.19. The number of nitrogens with one attached hydrogen (secondary N) is 8. The summed E-state index contributed by atoms with van der Waals surface area (Å²) < 4.78 is 17.8. The Morgan fingerprint density at radius 1 is 0.624 bits per heavy atom. The van der Waals surface area contributed by atoms with Gasteiger partial charge in [-0.1, -0.05) is 116 Å². The molecule has 1 aliphatic heterocycles. The third-order valence-corrected chi connectivity index (χ3v) is 21.4. The zero-order valence-electron chi connectivity index (χ0n) is 71.0. The summed E-state index contributed by atoms with van der Waals surface area (Å²) in [6, 6.07) is 15.4. The third-order valence-electron chi connectivity index (χ3n) is 21.4. The fourth-order valence-electron chi connectivity index (χ4n) is 14.2. The van der Waals surface area contributed by atoms with E-state index in [0.717, 1.165) is 25.6 Å². The van der Waals surface area contributed by atoms with Crippen LogP contribution in [-0.2, 0) is 84.8 Å². The van der Waals surface area contributed by atoms with Crippen molar-refractivity contribution in [2.24, 2.45) is 29.4 Å². The van der Waals surface area contributed by atoms with E-state index in [1.807, 2.05) is 56.3 Å². The Bertz CT molecular complexity index is 3990. The Kier molecular flexibility index (Phi) is 39.3. The standard InChI is InChI=1S/C83H126N16O18/c1-18-52(6)74(64(115-16)44-68(103)99-42-26-32-63(99)76(116-17)53(7)77(108)88-54(8)75(107)56-27-20-19-21-28-56)97(14)81(112)72(50(2)3)92-80(111)73(51(4)5)98(15)83(114)117-49-55-35-37-58(38-36-55)89-78(109)61(31-25-40-86-82(84)113)91-79(110)62(43-57-45-87-60-30-23-22-29-59(57)60)90-66(101)34-24-33-65(100)85-41-39-67(102)94(11)47-70(105)96(13)48-71(106)95(12)46-69(104)93(9)10/h19-23,27-30,35-38,45,50-54,61-64,72-76,87,107H,18,24-26,31-34,39-44,46-49H2,1-17H3,(H,85,100)(H,88,108)(H,89,109)(H,90,101)(H,91,110)(H,92,111)(H3,84,86,113)/t52-,53+,54+,61-,62-,63-,64+,72-,73-,74-,75+,76+/m0/s1. The zero-order valence-corrected chi connectivity index (χ0v) is 71.0. The number of H-pyrrole nitrogens is 1. The summed E-state index contributed by atoms with van der Waals surface area (Å²) in [5, 5.41) is 31.1. The number of aliphatic hydroxyl groups is 1. The Morgan fingerprint density at radius 3 is 1.84 bits per heavy atom. The third kappa shape index (κ3) is 29.4. The number of likely N-dealkylation sites (N-methyl/N-ethyl adjacent to an activating group) is 6. The largest absolute Gasteiger partial charge is 0.445 e. The van der Waals surface area contributed by atoms with Crippen LogP contribution in [0.15, 0.2) is 85.1 Å². The predicted octanol–water partition coefficient (Wildman–Crippen LogP) is 3.80. The molecule has 34 heteroatoms. The van der Waals surface area contributed by atoms with Crippen molar-refractivity contribution in [3.05, 3.63) is 102 Å². The Hall–Kier alpha value is -10.7. The number of ether oxygens (including phenoxy) is 3. The number of anilines is 1. The molecule has 1 aliphatic rings. The Balaban J connectivity index is 1.18. The lowest BCUT2D eigenvalue weighted by atomic mass is 9.89. The van der Waals surface area contributed by atoms with E-state index in [1.165, 1.54) is 57.1 Å². The van der Waals surface area contributed by atoms with Gasteiger partial charge in [-0.05, 0) is 91.7 Å². The number of aliphatic hydroxyl groups excluding tert-OH is 1. The Morgan fingerprint density at radius 2 is 1.24 bits per heavy atom. The fraction of sp³-hybridized carbons (Fsp3) is 0.590. The van der Waals surface area contributed by atoms with Crippen molar-refractivity contribution in [1.82, 2.24) is 71.2 Å². The molecule has 117 heavy (non-hydrogen) atoms. The van der Waals surface area contributed by atoms with E-state index in [1.54, 1.807) is 110 Å². The first kappa shape index (κ1) is 96.8. The second-order valence-electron chi connectivity index (χ2n) is 31.2. The summed E-state index contributed by atoms with van der Waals surface area (Å²) in [7, 11) is 13.4. The monoisotopic (exact) mass is 1630 g/mol. The number of aromatic nitrogens is 1. The second kappa shape index (κ2) is 47.5. The van der Waals surface area contributed by atoms with E-state index < -0.39 is 144 Å². The van der Waals surface area contributed by atoms with Crippen molar-refractivity contribution in [1.29, 1.82) is 0 Å². The van der Waals surface area contributed by atoms with Crippen LogP contribution in [-0.4, -0.2) is 285 Å². The number of nitrogens with zero attached hydrogens (tertiary/aromatic N) is 7. The topological polar surface area (TPSA) is 436 Å². The maximum atomic E-state index is 14.9. The molecule has 0 spiro atoms. The molecular weight excluding hydrogens is 1510 g/mol. The number of carbonyl (C=O) groups excluding carboxylic acids is 14. The summed E-state index contributed by atoms with van der Waals surface area (Å²) in [6.45, 7) is 13.7. The molecule has 0 bridgehead atoms. The average molecular weight is 1640 g/mol. The van der Waals surface area contributed by atoms with Crippen LogP contribution in [0.25, 0.3) is 10.9 Å². The molecule has 12 atom stereocenters. The van der Waals surface area contributed by atoms with Gasteiger partial charge in [-0.2, -0.15) is 0 Å². The molecular formula is C83H126N16O18.